The van der Waals surface area contributed by atoms with Gasteiger partial charge in [0.15, 0.2) is 6.29 Å². The van der Waals surface area contributed by atoms with Crippen molar-refractivity contribution in [1.29, 1.82) is 0 Å². The summed E-state index contributed by atoms with van der Waals surface area (Å²) in [5.74, 6) is 0. The standard InChI is InChI=1S/C8H20NO5P/c1-8(10)14-15(11,12)13-7-5-3-2-4-6-9/h8,10H,2-7,9H2,1H3,(H,11,12)/p-1. The number of unbranched alkanes of at least 4 members (excludes halogenated alkanes) is 3. The maximum Gasteiger partial charge on any atom is 0.270 e. The van der Waals surface area contributed by atoms with Gasteiger partial charge in [0.05, 0.1) is 6.61 Å². The average molecular weight is 240 g/mol. The van der Waals surface area contributed by atoms with Crippen molar-refractivity contribution in [2.24, 2.45) is 5.73 Å². The van der Waals surface area contributed by atoms with E-state index in [-0.39, 0.29) is 6.61 Å². The molecule has 0 radical (unpaired) electrons. The first kappa shape index (κ1) is 15.0. The quantitative estimate of drug-likeness (QED) is 0.342. The summed E-state index contributed by atoms with van der Waals surface area (Å²) in [5, 5.41) is 8.67. The number of hydrogen-bond donors (Lipinski definition) is 2. The van der Waals surface area contributed by atoms with E-state index in [4.69, 9.17) is 10.8 Å². The Bertz CT molecular complexity index is 199. The highest BCUT2D eigenvalue weighted by Gasteiger charge is 2.11. The van der Waals surface area contributed by atoms with Crippen LogP contribution in [0.2, 0.25) is 0 Å². The SMILES string of the molecule is CC(O)OP(=O)([O-])OCCCCCCN. The van der Waals surface area contributed by atoms with E-state index < -0.39 is 14.1 Å². The summed E-state index contributed by atoms with van der Waals surface area (Å²) in [6.45, 7) is 1.93. The Balaban J connectivity index is 3.45. The van der Waals surface area contributed by atoms with Gasteiger partial charge in [-0.1, -0.05) is 12.8 Å². The lowest BCUT2D eigenvalue weighted by Gasteiger charge is -2.23. The van der Waals surface area contributed by atoms with Crippen LogP contribution < -0.4 is 10.6 Å². The molecule has 15 heavy (non-hydrogen) atoms. The lowest BCUT2D eigenvalue weighted by atomic mass is 10.2. The van der Waals surface area contributed by atoms with Gasteiger partial charge in [0, 0.05) is 0 Å². The molecule has 0 aliphatic heterocycles. The minimum atomic E-state index is -4.33. The van der Waals surface area contributed by atoms with Crippen LogP contribution in [0.3, 0.4) is 0 Å². The van der Waals surface area contributed by atoms with Crippen LogP contribution in [0.15, 0.2) is 0 Å². The average Bonchev–Trinajstić information content (AvgIpc) is 2.08. The van der Waals surface area contributed by atoms with E-state index in [1.54, 1.807) is 0 Å². The highest BCUT2D eigenvalue weighted by Crippen LogP contribution is 2.39. The second kappa shape index (κ2) is 8.21. The molecule has 0 aliphatic carbocycles. The van der Waals surface area contributed by atoms with Gasteiger partial charge in [0.25, 0.3) is 7.82 Å². The summed E-state index contributed by atoms with van der Waals surface area (Å²) in [4.78, 5) is 10.9. The Morgan fingerprint density at radius 1 is 1.40 bits per heavy atom. The minimum absolute atomic E-state index is 0.0814. The summed E-state index contributed by atoms with van der Waals surface area (Å²) < 4.78 is 19.6. The first-order chi connectivity index (χ1) is 6.98. The Morgan fingerprint density at radius 3 is 2.53 bits per heavy atom. The van der Waals surface area contributed by atoms with Crippen molar-refractivity contribution in [2.45, 2.75) is 38.9 Å². The molecule has 2 atom stereocenters. The smallest absolute Gasteiger partial charge is 0.270 e. The number of hydrogen-bond acceptors (Lipinski definition) is 6. The van der Waals surface area contributed by atoms with Crippen molar-refractivity contribution in [3.63, 3.8) is 0 Å². The van der Waals surface area contributed by atoms with Gasteiger partial charge in [-0.05, 0) is 26.3 Å². The molecule has 0 aromatic heterocycles. The van der Waals surface area contributed by atoms with Crippen LogP contribution in [0.1, 0.15) is 32.6 Å². The molecule has 0 saturated carbocycles. The fourth-order valence-corrected chi connectivity index (χ4v) is 1.78. The van der Waals surface area contributed by atoms with Crippen LogP contribution in [-0.2, 0) is 13.6 Å². The first-order valence-corrected chi connectivity index (χ1v) is 6.46. The second-order valence-corrected chi connectivity index (χ2v) is 4.55. The first-order valence-electron chi connectivity index (χ1n) is 5.00. The molecule has 0 heterocycles. The molecular formula is C8H19NO5P-. The number of nitrogens with two attached hydrogens (primary N) is 1. The minimum Gasteiger partial charge on any atom is -0.756 e. The molecule has 3 N–H and O–H groups in total. The molecule has 6 nitrogen and oxygen atoms in total. The molecule has 0 fully saturated rings. The van der Waals surface area contributed by atoms with Gasteiger partial charge in [-0.25, -0.2) is 0 Å². The summed E-state index contributed by atoms with van der Waals surface area (Å²) >= 11 is 0. The van der Waals surface area contributed by atoms with E-state index in [1.165, 1.54) is 6.92 Å². The number of phosphoric ester groups is 1. The third-order valence-electron chi connectivity index (χ3n) is 1.63. The summed E-state index contributed by atoms with van der Waals surface area (Å²) in [7, 11) is -4.33. The summed E-state index contributed by atoms with van der Waals surface area (Å²) in [6.07, 6.45) is 2.02. The Morgan fingerprint density at radius 2 is 2.00 bits per heavy atom. The third-order valence-corrected chi connectivity index (χ3v) is 2.69. The van der Waals surface area contributed by atoms with Gasteiger partial charge in [-0.2, -0.15) is 0 Å². The van der Waals surface area contributed by atoms with Gasteiger partial charge in [0.1, 0.15) is 0 Å². The van der Waals surface area contributed by atoms with E-state index in [9.17, 15) is 9.46 Å². The van der Waals surface area contributed by atoms with Crippen LogP contribution in [0, 0.1) is 0 Å². The molecule has 0 saturated heterocycles. The molecule has 0 amide bonds. The zero-order chi connectivity index (χ0) is 11.7. The summed E-state index contributed by atoms with van der Waals surface area (Å²) in [5.41, 5.74) is 5.29. The van der Waals surface area contributed by atoms with Crippen molar-refractivity contribution in [1.82, 2.24) is 0 Å². The highest BCUT2D eigenvalue weighted by molar-refractivity contribution is 7.45. The van der Waals surface area contributed by atoms with Crippen molar-refractivity contribution < 1.29 is 23.6 Å². The fraction of sp³-hybridized carbons (Fsp3) is 1.00. The molecule has 0 aromatic carbocycles. The van der Waals surface area contributed by atoms with Gasteiger partial charge < -0.3 is 20.3 Å². The van der Waals surface area contributed by atoms with Gasteiger partial charge in [-0.3, -0.25) is 9.09 Å². The maximum atomic E-state index is 10.9. The topological polar surface area (TPSA) is 105 Å². The molecule has 7 heteroatoms. The molecule has 0 spiro atoms. The van der Waals surface area contributed by atoms with Crippen LogP contribution >= 0.6 is 7.82 Å². The van der Waals surface area contributed by atoms with Crippen molar-refractivity contribution in [3.8, 4) is 0 Å². The Labute approximate surface area is 90.0 Å². The van der Waals surface area contributed by atoms with Gasteiger partial charge in [0.2, 0.25) is 0 Å². The largest absolute Gasteiger partial charge is 0.756 e. The van der Waals surface area contributed by atoms with Crippen LogP contribution in [0.4, 0.5) is 0 Å². The lowest BCUT2D eigenvalue weighted by molar-refractivity contribution is -0.238. The van der Waals surface area contributed by atoms with E-state index >= 15 is 0 Å². The molecule has 92 valence electrons. The van der Waals surface area contributed by atoms with Crippen LogP contribution in [0.25, 0.3) is 0 Å². The molecule has 0 aromatic rings. The predicted octanol–water partition coefficient (Wildman–Crippen LogP) is 0.345. The Kier molecular flexibility index (Phi) is 8.23. The molecule has 0 bridgehead atoms. The zero-order valence-corrected chi connectivity index (χ0v) is 9.82. The molecule has 0 aliphatic rings. The third kappa shape index (κ3) is 10.3. The zero-order valence-electron chi connectivity index (χ0n) is 8.92. The number of aliphatic hydroxyl groups excluding tert-OH is 1. The predicted molar refractivity (Wildman–Crippen MR) is 53.8 cm³/mol. The second-order valence-electron chi connectivity index (χ2n) is 3.19. The van der Waals surface area contributed by atoms with Crippen LogP contribution in [-0.4, -0.2) is 24.5 Å². The van der Waals surface area contributed by atoms with E-state index in [1.807, 2.05) is 0 Å². The van der Waals surface area contributed by atoms with Crippen molar-refractivity contribution in [3.05, 3.63) is 0 Å². The number of aliphatic hydroxyl groups is 1. The molecule has 0 rings (SSSR count). The van der Waals surface area contributed by atoms with Crippen LogP contribution in [0.5, 0.6) is 0 Å². The van der Waals surface area contributed by atoms with Crippen molar-refractivity contribution >= 4 is 7.82 Å². The van der Waals surface area contributed by atoms with Gasteiger partial charge >= 0.3 is 0 Å². The Hall–Kier alpha value is 0.0300. The van der Waals surface area contributed by atoms with Gasteiger partial charge in [-0.15, -0.1) is 0 Å². The van der Waals surface area contributed by atoms with Crippen molar-refractivity contribution in [2.75, 3.05) is 13.2 Å². The molecular weight excluding hydrogens is 221 g/mol. The number of phosphoric acid groups is 1. The van der Waals surface area contributed by atoms with E-state index in [2.05, 4.69) is 9.05 Å². The monoisotopic (exact) mass is 240 g/mol. The maximum absolute atomic E-state index is 10.9. The molecule has 2 unspecified atom stereocenters. The fourth-order valence-electron chi connectivity index (χ4n) is 0.994. The number of rotatable bonds is 9. The summed E-state index contributed by atoms with van der Waals surface area (Å²) in [6, 6.07) is 0. The highest BCUT2D eigenvalue weighted by atomic mass is 31.2. The van der Waals surface area contributed by atoms with E-state index in [0.717, 1.165) is 19.3 Å². The lowest BCUT2D eigenvalue weighted by Crippen LogP contribution is -2.14. The van der Waals surface area contributed by atoms with E-state index in [0.29, 0.717) is 13.0 Å². The normalized spacial score (nSPS) is 17.3.